The van der Waals surface area contributed by atoms with Crippen molar-refractivity contribution in [3.05, 3.63) is 65.9 Å². The lowest BCUT2D eigenvalue weighted by atomic mass is 10.0. The maximum absolute atomic E-state index is 13.7. The van der Waals surface area contributed by atoms with Crippen LogP contribution in [0.5, 0.6) is 0 Å². The number of thiazole rings is 1. The van der Waals surface area contributed by atoms with Crippen LogP contribution in [0.2, 0.25) is 0 Å². The molecule has 206 valence electrons. The van der Waals surface area contributed by atoms with Gasteiger partial charge in [-0.1, -0.05) is 17.4 Å². The minimum atomic E-state index is -3.79. The quantitative estimate of drug-likeness (QED) is 0.327. The van der Waals surface area contributed by atoms with Gasteiger partial charge in [-0.25, -0.2) is 23.4 Å². The minimum absolute atomic E-state index is 0.0921. The maximum Gasteiger partial charge on any atom is 0.256 e. The summed E-state index contributed by atoms with van der Waals surface area (Å²) in [4.78, 5) is 29.9. The summed E-state index contributed by atoms with van der Waals surface area (Å²) in [5, 5.41) is 3.94. The van der Waals surface area contributed by atoms with Gasteiger partial charge in [-0.05, 0) is 74.4 Å². The van der Waals surface area contributed by atoms with E-state index in [1.807, 2.05) is 46.9 Å². The molecular weight excluding hydrogens is 546 g/mol. The number of nitrogens with zero attached hydrogens (tertiary/aromatic N) is 6. The number of carbonyl (C=O) groups is 1. The average molecular weight is 576 g/mol. The second-order valence-corrected chi connectivity index (χ2v) is 13.6. The van der Waals surface area contributed by atoms with Crippen molar-refractivity contribution >= 4 is 38.2 Å². The van der Waals surface area contributed by atoms with Gasteiger partial charge in [-0.2, -0.15) is 4.31 Å². The van der Waals surface area contributed by atoms with Crippen LogP contribution < -0.4 is 5.32 Å². The Morgan fingerprint density at radius 3 is 2.67 bits per heavy atom. The minimum Gasteiger partial charge on any atom is -0.331 e. The fourth-order valence-electron chi connectivity index (χ4n) is 5.46. The Hall–Kier alpha value is -3.61. The molecule has 0 spiro atoms. The molecule has 12 heteroatoms. The molecule has 10 nitrogen and oxygen atoms in total. The number of aromatic nitrogens is 4. The second kappa shape index (κ2) is 9.50. The predicted octanol–water partition coefficient (Wildman–Crippen LogP) is 4.59. The van der Waals surface area contributed by atoms with Crippen LogP contribution in [0.3, 0.4) is 0 Å². The summed E-state index contributed by atoms with van der Waals surface area (Å²) in [5.41, 5.74) is 2.64. The molecule has 1 unspecified atom stereocenters. The first-order valence-corrected chi connectivity index (χ1v) is 15.7. The van der Waals surface area contributed by atoms with Crippen LogP contribution in [0.1, 0.15) is 47.8 Å². The lowest BCUT2D eigenvalue weighted by Gasteiger charge is -2.30. The monoisotopic (exact) mass is 575 g/mol. The Labute approximate surface area is 236 Å². The van der Waals surface area contributed by atoms with E-state index >= 15 is 0 Å². The smallest absolute Gasteiger partial charge is 0.256 e. The number of nitrogens with one attached hydrogen (secondary N) is 1. The van der Waals surface area contributed by atoms with Gasteiger partial charge in [0.1, 0.15) is 18.0 Å². The summed E-state index contributed by atoms with van der Waals surface area (Å²) in [5.74, 6) is 1.68. The molecule has 5 heterocycles. The third-order valence-electron chi connectivity index (χ3n) is 8.03. The average Bonchev–Trinajstić information content (AvgIpc) is 3.31. The highest BCUT2D eigenvalue weighted by atomic mass is 32.2. The molecule has 2 aliphatic heterocycles. The third kappa shape index (κ3) is 4.30. The van der Waals surface area contributed by atoms with Gasteiger partial charge in [-0.15, -0.1) is 0 Å². The van der Waals surface area contributed by atoms with Crippen molar-refractivity contribution in [1.29, 1.82) is 0 Å². The van der Waals surface area contributed by atoms with Gasteiger partial charge in [0.05, 0.1) is 21.0 Å². The Morgan fingerprint density at radius 2 is 1.98 bits per heavy atom. The van der Waals surface area contributed by atoms with Crippen LogP contribution in [-0.4, -0.2) is 62.2 Å². The van der Waals surface area contributed by atoms with E-state index in [9.17, 15) is 13.2 Å². The summed E-state index contributed by atoms with van der Waals surface area (Å²) in [6.07, 6.45) is 8.27. The lowest BCUT2D eigenvalue weighted by Crippen LogP contribution is -2.42. The molecule has 1 amide bonds. The zero-order chi connectivity index (χ0) is 27.6. The van der Waals surface area contributed by atoms with Crippen LogP contribution in [-0.2, 0) is 16.6 Å². The van der Waals surface area contributed by atoms with Crippen LogP contribution >= 0.6 is 11.3 Å². The number of fused-ring (bicyclic) bond motifs is 1. The van der Waals surface area contributed by atoms with E-state index in [1.165, 1.54) is 15.6 Å². The summed E-state index contributed by atoms with van der Waals surface area (Å²) in [7, 11) is -3.79. The van der Waals surface area contributed by atoms with Crippen LogP contribution in [0.4, 0.5) is 10.9 Å². The van der Waals surface area contributed by atoms with Crippen molar-refractivity contribution in [1.82, 2.24) is 28.7 Å². The largest absolute Gasteiger partial charge is 0.331 e. The van der Waals surface area contributed by atoms with Crippen molar-refractivity contribution < 1.29 is 13.2 Å². The van der Waals surface area contributed by atoms with E-state index in [-0.39, 0.29) is 16.8 Å². The van der Waals surface area contributed by atoms with Gasteiger partial charge in [-0.3, -0.25) is 9.36 Å². The molecule has 1 N–H and O–H groups in total. The number of imidazole rings is 1. The van der Waals surface area contributed by atoms with Crippen LogP contribution in [0, 0.1) is 12.8 Å². The van der Waals surface area contributed by atoms with Crippen LogP contribution in [0.15, 0.2) is 53.9 Å². The van der Waals surface area contributed by atoms with Crippen molar-refractivity contribution in [3.63, 3.8) is 0 Å². The Balaban J connectivity index is 1.26. The molecule has 1 saturated heterocycles. The topological polar surface area (TPSA) is 113 Å². The lowest BCUT2D eigenvalue weighted by molar-refractivity contribution is 0.0694. The van der Waals surface area contributed by atoms with Gasteiger partial charge in [0.15, 0.2) is 5.13 Å². The van der Waals surface area contributed by atoms with E-state index < -0.39 is 10.0 Å². The van der Waals surface area contributed by atoms with E-state index in [0.29, 0.717) is 42.1 Å². The Morgan fingerprint density at radius 1 is 1.15 bits per heavy atom. The molecule has 1 saturated carbocycles. The van der Waals surface area contributed by atoms with Crippen molar-refractivity contribution in [2.24, 2.45) is 5.92 Å². The molecule has 0 bridgehead atoms. The van der Waals surface area contributed by atoms with Gasteiger partial charge >= 0.3 is 0 Å². The second-order valence-electron chi connectivity index (χ2n) is 10.7. The normalized spacial score (nSPS) is 18.1. The summed E-state index contributed by atoms with van der Waals surface area (Å²) in [6, 6.07) is 9.41. The SMILES string of the molecule is Cc1nc(Nc2cccc(-n3ccnc3)n2)sc1-c1cc2c(c(S(=O)(=O)N3CCC3)c1)C(=O)N(C(C)C1CC1)C2. The van der Waals surface area contributed by atoms with Crippen LogP contribution in [0.25, 0.3) is 16.3 Å². The number of aryl methyl sites for hydroxylation is 1. The zero-order valence-electron chi connectivity index (χ0n) is 22.2. The number of hydrogen-bond donors (Lipinski definition) is 1. The Bertz CT molecular complexity index is 1720. The van der Waals surface area contributed by atoms with Gasteiger partial charge in [0, 0.05) is 38.1 Å². The standard InChI is InChI=1S/C28H29N7O3S2/c1-17-26(39-28(30-17)32-23-5-3-6-24(31-23)33-12-9-29-16-33)20-13-21-15-35(18(2)19-7-8-19)27(36)25(21)22(14-20)40(37,38)34-10-4-11-34/h3,5-6,9,12-14,16,18-19H,4,7-8,10-11,15H2,1-2H3,(H,30,31,32). The molecule has 3 aliphatic rings. The molecule has 3 aromatic heterocycles. The van der Waals surface area contributed by atoms with E-state index in [4.69, 9.17) is 4.98 Å². The Kier molecular flexibility index (Phi) is 6.02. The first kappa shape index (κ1) is 25.4. The first-order chi connectivity index (χ1) is 19.3. The van der Waals surface area contributed by atoms with Crippen molar-refractivity contribution in [3.8, 4) is 16.3 Å². The summed E-state index contributed by atoms with van der Waals surface area (Å²) >= 11 is 1.44. The molecule has 4 aromatic rings. The summed E-state index contributed by atoms with van der Waals surface area (Å²) < 4.78 is 30.7. The highest BCUT2D eigenvalue weighted by Gasteiger charge is 2.43. The number of hydrogen-bond acceptors (Lipinski definition) is 8. The fourth-order valence-corrected chi connectivity index (χ4v) is 8.19. The molecule has 1 aromatic carbocycles. The molecule has 2 fully saturated rings. The number of sulfonamides is 1. The molecule has 0 radical (unpaired) electrons. The number of rotatable bonds is 8. The first-order valence-electron chi connectivity index (χ1n) is 13.5. The number of carbonyl (C=O) groups excluding carboxylic acids is 1. The fraction of sp³-hybridized carbons (Fsp3) is 0.357. The molecular formula is C28H29N7O3S2. The van der Waals surface area contributed by atoms with E-state index in [2.05, 4.69) is 22.2 Å². The predicted molar refractivity (Wildman–Crippen MR) is 152 cm³/mol. The summed E-state index contributed by atoms with van der Waals surface area (Å²) in [6.45, 7) is 5.38. The number of benzene rings is 1. The van der Waals surface area contributed by atoms with E-state index in [0.717, 1.165) is 46.8 Å². The van der Waals surface area contributed by atoms with Crippen molar-refractivity contribution in [2.75, 3.05) is 18.4 Å². The van der Waals surface area contributed by atoms with Gasteiger partial charge in [0.2, 0.25) is 10.0 Å². The highest BCUT2D eigenvalue weighted by Crippen LogP contribution is 2.43. The molecule has 7 rings (SSSR count). The maximum atomic E-state index is 13.7. The van der Waals surface area contributed by atoms with Gasteiger partial charge in [0.25, 0.3) is 5.91 Å². The highest BCUT2D eigenvalue weighted by molar-refractivity contribution is 7.89. The third-order valence-corrected chi connectivity index (χ3v) is 11.1. The van der Waals surface area contributed by atoms with E-state index in [1.54, 1.807) is 18.6 Å². The molecule has 1 aliphatic carbocycles. The number of pyridine rings is 1. The van der Waals surface area contributed by atoms with Crippen molar-refractivity contribution in [2.45, 2.75) is 50.6 Å². The number of anilines is 2. The molecule has 1 atom stereocenters. The zero-order valence-corrected chi connectivity index (χ0v) is 23.9. The van der Waals surface area contributed by atoms with Gasteiger partial charge < -0.3 is 10.2 Å². The number of amides is 1. The molecule has 40 heavy (non-hydrogen) atoms.